The minimum absolute atomic E-state index is 0. The Morgan fingerprint density at radius 2 is 1.28 bits per heavy atom. The summed E-state index contributed by atoms with van der Waals surface area (Å²) in [6.07, 6.45) is -3.42. The minimum atomic E-state index is -1.71. The molecule has 0 bridgehead atoms. The van der Waals surface area contributed by atoms with Crippen molar-refractivity contribution in [2.75, 3.05) is 0 Å². The maximum Gasteiger partial charge on any atom is 1.00 e. The minimum Gasteiger partial charge on any atom is -0.546 e. The summed E-state index contributed by atoms with van der Waals surface area (Å²) in [6.45, 7) is 4.47. The first-order chi connectivity index (χ1) is 10.8. The van der Waals surface area contributed by atoms with Gasteiger partial charge in [0.2, 0.25) is 0 Å². The molecule has 2 unspecified atom stereocenters. The van der Waals surface area contributed by atoms with Crippen molar-refractivity contribution in [3.05, 3.63) is 22.5 Å². The van der Waals surface area contributed by atoms with Crippen LogP contribution in [-0.4, -0.2) is 37.1 Å². The largest absolute Gasteiger partial charge is 1.00 e. The van der Waals surface area contributed by atoms with Crippen molar-refractivity contribution in [1.82, 2.24) is 5.32 Å². The van der Waals surface area contributed by atoms with Crippen molar-refractivity contribution in [2.45, 2.75) is 33.0 Å². The van der Waals surface area contributed by atoms with Crippen LogP contribution in [0.2, 0.25) is 0 Å². The fourth-order valence-electron chi connectivity index (χ4n) is 2.71. The second kappa shape index (κ2) is 11.7. The van der Waals surface area contributed by atoms with Crippen molar-refractivity contribution in [1.29, 1.82) is 0 Å². The van der Waals surface area contributed by atoms with Gasteiger partial charge in [-0.15, -0.1) is 0 Å². The predicted molar refractivity (Wildman–Crippen MR) is 69.6 cm³/mol. The van der Waals surface area contributed by atoms with Gasteiger partial charge in [-0.25, -0.2) is 0 Å². The van der Waals surface area contributed by atoms with Crippen molar-refractivity contribution < 1.29 is 98.0 Å². The van der Waals surface area contributed by atoms with Crippen LogP contribution < -0.4 is 74.6 Å². The monoisotopic (exact) mass is 371 g/mol. The predicted octanol–water partition coefficient (Wildman–Crippen LogP) is -8.64. The molecule has 1 rings (SSSR count). The van der Waals surface area contributed by atoms with Gasteiger partial charge in [0.1, 0.15) is 0 Å². The first-order valence-electron chi connectivity index (χ1n) is 6.54. The van der Waals surface area contributed by atoms with Gasteiger partial charge in [0.25, 0.3) is 12.9 Å². The molecular weight excluding hydrogens is 356 g/mol. The average molecular weight is 371 g/mol. The van der Waals surface area contributed by atoms with E-state index in [0.717, 1.165) is 0 Å². The Morgan fingerprint density at radius 1 is 0.960 bits per heavy atom. The van der Waals surface area contributed by atoms with Crippen molar-refractivity contribution in [3.8, 4) is 0 Å². The molecule has 1 aliphatic rings. The molecule has 0 radical (unpaired) electrons. The summed E-state index contributed by atoms with van der Waals surface area (Å²) in [6, 6.07) is 0. The van der Waals surface area contributed by atoms with Crippen LogP contribution in [-0.2, 0) is 28.7 Å². The molecule has 1 aliphatic heterocycles. The van der Waals surface area contributed by atoms with E-state index in [1.807, 2.05) is 0 Å². The van der Waals surface area contributed by atoms with Crippen molar-refractivity contribution in [3.63, 3.8) is 0 Å². The summed E-state index contributed by atoms with van der Waals surface area (Å²) < 4.78 is 9.06. The van der Waals surface area contributed by atoms with Crippen LogP contribution in [0.25, 0.3) is 0 Å². The van der Waals surface area contributed by atoms with Crippen molar-refractivity contribution >= 4 is 24.9 Å². The molecule has 0 spiro atoms. The fraction of sp³-hybridized carbons (Fsp3) is 0.429. The Morgan fingerprint density at radius 3 is 1.52 bits per heavy atom. The van der Waals surface area contributed by atoms with E-state index < -0.39 is 30.1 Å². The standard InChI is InChI=1S/C14H17NO8.2Na/c1-6-9(11(13(18)19)22-4-16)7(2)15-8(3)10(6)12(14(20)21)23-5-17;;/h4-6,11-12,15H,1-3H3,(H,18,19)(H,20,21);;/q;2*+1/p-2. The van der Waals surface area contributed by atoms with E-state index in [-0.39, 0.29) is 83.2 Å². The third kappa shape index (κ3) is 6.12. The third-order valence-electron chi connectivity index (χ3n) is 3.55. The summed E-state index contributed by atoms with van der Waals surface area (Å²) in [5.74, 6) is -4.15. The maximum atomic E-state index is 11.2. The van der Waals surface area contributed by atoms with Gasteiger partial charge in [0.05, 0.1) is 11.9 Å². The van der Waals surface area contributed by atoms with E-state index in [1.165, 1.54) is 20.8 Å². The third-order valence-corrected chi connectivity index (χ3v) is 3.55. The zero-order chi connectivity index (χ0) is 17.7. The molecule has 9 nitrogen and oxygen atoms in total. The zero-order valence-electron chi connectivity index (χ0n) is 14.7. The van der Waals surface area contributed by atoms with Crippen LogP contribution in [0.15, 0.2) is 22.5 Å². The first-order valence-corrected chi connectivity index (χ1v) is 6.54. The van der Waals surface area contributed by atoms with Crippen LogP contribution in [0.3, 0.4) is 0 Å². The Kier molecular flexibility index (Phi) is 12.4. The molecule has 126 valence electrons. The Balaban J connectivity index is 0. The van der Waals surface area contributed by atoms with Gasteiger partial charge in [-0.2, -0.15) is 0 Å². The molecule has 1 N–H and O–H groups in total. The van der Waals surface area contributed by atoms with Crippen LogP contribution in [0.4, 0.5) is 0 Å². The van der Waals surface area contributed by atoms with Crippen molar-refractivity contribution in [2.24, 2.45) is 5.92 Å². The molecule has 0 saturated carbocycles. The first kappa shape index (κ1) is 26.4. The molecule has 11 heteroatoms. The number of rotatable bonds is 8. The van der Waals surface area contributed by atoms with Crippen LogP contribution in [0.5, 0.6) is 0 Å². The molecule has 0 saturated heterocycles. The number of hydrogen-bond acceptors (Lipinski definition) is 9. The number of carboxylic acids is 2. The number of carboxylic acid groups (broad SMARTS) is 2. The molecular formula is C14H15NNa2O8. The summed E-state index contributed by atoms with van der Waals surface area (Å²) in [4.78, 5) is 43.5. The second-order valence-electron chi connectivity index (χ2n) is 4.87. The van der Waals surface area contributed by atoms with Crippen LogP contribution >= 0.6 is 0 Å². The molecule has 0 aromatic rings. The molecule has 1 heterocycles. The number of dihydropyridines is 1. The summed E-state index contributed by atoms with van der Waals surface area (Å²) >= 11 is 0. The average Bonchev–Trinajstić information content (AvgIpc) is 2.44. The molecule has 0 amide bonds. The number of ether oxygens (including phenoxy) is 2. The Hall–Kier alpha value is -0.840. The normalized spacial score (nSPS) is 18.6. The van der Waals surface area contributed by atoms with Gasteiger partial charge >= 0.3 is 59.1 Å². The van der Waals surface area contributed by atoms with Gasteiger partial charge in [0.15, 0.2) is 12.2 Å². The molecule has 0 fully saturated rings. The zero-order valence-corrected chi connectivity index (χ0v) is 18.7. The fourth-order valence-corrected chi connectivity index (χ4v) is 2.71. The molecule has 25 heavy (non-hydrogen) atoms. The SMILES string of the molecule is CC1=C(C(OC=O)C(=O)[O-])C(C)C(C(OC=O)C(=O)[O-])=C(C)N1.[Na+].[Na+]. The molecule has 0 aliphatic carbocycles. The smallest absolute Gasteiger partial charge is 0.546 e. The summed E-state index contributed by atoms with van der Waals surface area (Å²) in [5.41, 5.74) is 0.882. The van der Waals surface area contributed by atoms with Gasteiger partial charge in [-0.05, 0) is 13.8 Å². The summed E-state index contributed by atoms with van der Waals surface area (Å²) in [5, 5.41) is 25.2. The quantitative estimate of drug-likeness (QED) is 0.325. The van der Waals surface area contributed by atoms with E-state index in [4.69, 9.17) is 0 Å². The number of aliphatic carboxylic acids is 2. The van der Waals surface area contributed by atoms with Gasteiger partial charge in [-0.1, -0.05) is 6.92 Å². The Bertz CT molecular complexity index is 552. The number of carbonyl (C=O) groups is 4. The molecule has 0 aromatic carbocycles. The van der Waals surface area contributed by atoms with E-state index in [0.29, 0.717) is 11.4 Å². The van der Waals surface area contributed by atoms with Gasteiger partial charge < -0.3 is 34.6 Å². The topological polar surface area (TPSA) is 145 Å². The number of carbonyl (C=O) groups excluding carboxylic acids is 4. The summed E-state index contributed by atoms with van der Waals surface area (Å²) in [7, 11) is 0. The number of allylic oxidation sites excluding steroid dienone is 2. The number of hydrogen-bond donors (Lipinski definition) is 1. The second-order valence-corrected chi connectivity index (χ2v) is 4.87. The van der Waals surface area contributed by atoms with Gasteiger partial charge in [-0.3, -0.25) is 9.59 Å². The van der Waals surface area contributed by atoms with Gasteiger partial charge in [0, 0.05) is 28.5 Å². The maximum absolute atomic E-state index is 11.2. The van der Waals surface area contributed by atoms with Crippen LogP contribution in [0, 0.1) is 5.92 Å². The van der Waals surface area contributed by atoms with Crippen LogP contribution in [0.1, 0.15) is 20.8 Å². The molecule has 0 aromatic heterocycles. The Labute approximate surface area is 188 Å². The number of nitrogens with one attached hydrogen (secondary N) is 1. The van der Waals surface area contributed by atoms with E-state index >= 15 is 0 Å². The molecule has 2 atom stereocenters. The van der Waals surface area contributed by atoms with E-state index in [1.54, 1.807) is 0 Å². The van der Waals surface area contributed by atoms with E-state index in [2.05, 4.69) is 14.8 Å². The van der Waals surface area contributed by atoms with E-state index in [9.17, 15) is 29.4 Å².